The van der Waals surface area contributed by atoms with Crippen LogP contribution in [-0.2, 0) is 9.47 Å². The van der Waals surface area contributed by atoms with Gasteiger partial charge in [-0.25, -0.2) is 14.6 Å². The number of aromatic nitrogens is 1. The first-order valence-electron chi connectivity index (χ1n) is 4.29. The molecule has 16 heavy (non-hydrogen) atoms. The third-order valence-electron chi connectivity index (χ3n) is 1.60. The first kappa shape index (κ1) is 11.6. The molecule has 0 unspecified atom stereocenters. The second-order valence-electron chi connectivity index (χ2n) is 2.54. The number of ether oxygens (including phenoxy) is 2. The van der Waals surface area contributed by atoms with Crippen LogP contribution in [0.2, 0.25) is 0 Å². The summed E-state index contributed by atoms with van der Waals surface area (Å²) < 4.78 is 9.07. The lowest BCUT2D eigenvalue weighted by Crippen LogP contribution is -2.12. The summed E-state index contributed by atoms with van der Waals surface area (Å²) in [6.07, 6.45) is 3.29. The zero-order chi connectivity index (χ0) is 12.0. The van der Waals surface area contributed by atoms with Crippen molar-refractivity contribution in [2.75, 3.05) is 0 Å². The standard InChI is InChI=1S/C11H9NO4/c1-3-15-10(13)8-6-5-7-12-9(8)11(14)16-4-2/h3-7H,1-2H2. The van der Waals surface area contributed by atoms with Crippen molar-refractivity contribution in [3.63, 3.8) is 0 Å². The van der Waals surface area contributed by atoms with Crippen molar-refractivity contribution in [3.05, 3.63) is 55.3 Å². The summed E-state index contributed by atoms with van der Waals surface area (Å²) >= 11 is 0. The van der Waals surface area contributed by atoms with E-state index in [-0.39, 0.29) is 11.3 Å². The minimum absolute atomic E-state index is 0.00856. The van der Waals surface area contributed by atoms with E-state index < -0.39 is 11.9 Å². The molecule has 1 aromatic rings. The quantitative estimate of drug-likeness (QED) is 0.569. The highest BCUT2D eigenvalue weighted by Crippen LogP contribution is 2.09. The number of esters is 2. The summed E-state index contributed by atoms with van der Waals surface area (Å²) in [6, 6.07) is 2.91. The van der Waals surface area contributed by atoms with Gasteiger partial charge in [0.2, 0.25) is 0 Å². The third-order valence-corrected chi connectivity index (χ3v) is 1.60. The zero-order valence-corrected chi connectivity index (χ0v) is 8.38. The van der Waals surface area contributed by atoms with Gasteiger partial charge in [-0.2, -0.15) is 0 Å². The molecule has 0 saturated carbocycles. The Kier molecular flexibility index (Phi) is 3.97. The Hall–Kier alpha value is -2.43. The average Bonchev–Trinajstić information content (AvgIpc) is 2.30. The molecule has 0 aliphatic rings. The lowest BCUT2D eigenvalue weighted by atomic mass is 10.2. The molecule has 0 fully saturated rings. The molecule has 0 saturated heterocycles. The predicted octanol–water partition coefficient (Wildman–Crippen LogP) is 1.68. The molecule has 0 aliphatic carbocycles. The lowest BCUT2D eigenvalue weighted by Gasteiger charge is -2.04. The van der Waals surface area contributed by atoms with Crippen molar-refractivity contribution in [2.24, 2.45) is 0 Å². The maximum Gasteiger partial charge on any atom is 0.362 e. The second-order valence-corrected chi connectivity index (χ2v) is 2.54. The number of rotatable bonds is 4. The molecule has 0 aromatic carbocycles. The SMILES string of the molecule is C=COC(=O)c1cccnc1C(=O)OC=C. The van der Waals surface area contributed by atoms with Gasteiger partial charge in [0.15, 0.2) is 5.69 Å². The van der Waals surface area contributed by atoms with Gasteiger partial charge in [0.05, 0.1) is 18.1 Å². The van der Waals surface area contributed by atoms with Crippen LogP contribution in [0.5, 0.6) is 0 Å². The third kappa shape index (κ3) is 2.54. The fraction of sp³-hybridized carbons (Fsp3) is 0. The zero-order valence-electron chi connectivity index (χ0n) is 8.38. The minimum atomic E-state index is -0.772. The molecule has 5 nitrogen and oxygen atoms in total. The fourth-order valence-electron chi connectivity index (χ4n) is 1.00. The van der Waals surface area contributed by atoms with Crippen LogP contribution < -0.4 is 0 Å². The molecule has 0 aliphatic heterocycles. The highest BCUT2D eigenvalue weighted by atomic mass is 16.5. The van der Waals surface area contributed by atoms with Gasteiger partial charge in [-0.3, -0.25) is 0 Å². The van der Waals surface area contributed by atoms with Crippen LogP contribution in [-0.4, -0.2) is 16.9 Å². The Morgan fingerprint density at radius 1 is 1.19 bits per heavy atom. The summed E-state index contributed by atoms with van der Waals surface area (Å²) in [5.74, 6) is -1.49. The van der Waals surface area contributed by atoms with Crippen LogP contribution in [0, 0.1) is 0 Å². The van der Waals surface area contributed by atoms with Crippen LogP contribution in [0.15, 0.2) is 44.0 Å². The maximum atomic E-state index is 11.4. The van der Waals surface area contributed by atoms with E-state index in [2.05, 4.69) is 27.6 Å². The van der Waals surface area contributed by atoms with Crippen molar-refractivity contribution in [1.29, 1.82) is 0 Å². The Morgan fingerprint density at radius 2 is 1.81 bits per heavy atom. The van der Waals surface area contributed by atoms with Crippen LogP contribution in [0.1, 0.15) is 20.8 Å². The topological polar surface area (TPSA) is 65.5 Å². The number of nitrogens with zero attached hydrogens (tertiary/aromatic N) is 1. The molecule has 1 aromatic heterocycles. The molecular formula is C11H9NO4. The van der Waals surface area contributed by atoms with Crippen LogP contribution in [0.4, 0.5) is 0 Å². The minimum Gasteiger partial charge on any atom is -0.431 e. The van der Waals surface area contributed by atoms with Crippen molar-refractivity contribution >= 4 is 11.9 Å². The number of hydrogen-bond acceptors (Lipinski definition) is 5. The number of pyridine rings is 1. The number of carbonyl (C=O) groups is 2. The lowest BCUT2D eigenvalue weighted by molar-refractivity contribution is 0.0614. The van der Waals surface area contributed by atoms with Crippen molar-refractivity contribution in [2.45, 2.75) is 0 Å². The van der Waals surface area contributed by atoms with E-state index in [1.165, 1.54) is 18.3 Å². The Labute approximate surface area is 92.0 Å². The van der Waals surface area contributed by atoms with Gasteiger partial charge in [0.1, 0.15) is 0 Å². The Morgan fingerprint density at radius 3 is 2.44 bits per heavy atom. The van der Waals surface area contributed by atoms with Gasteiger partial charge in [0, 0.05) is 6.20 Å². The van der Waals surface area contributed by atoms with Crippen molar-refractivity contribution < 1.29 is 19.1 Å². The monoisotopic (exact) mass is 219 g/mol. The summed E-state index contributed by atoms with van der Waals surface area (Å²) in [6.45, 7) is 6.48. The van der Waals surface area contributed by atoms with E-state index in [4.69, 9.17) is 0 Å². The smallest absolute Gasteiger partial charge is 0.362 e. The predicted molar refractivity (Wildman–Crippen MR) is 55.5 cm³/mol. The van der Waals surface area contributed by atoms with Gasteiger partial charge in [-0.05, 0) is 12.1 Å². The molecule has 0 bridgehead atoms. The normalized spacial score (nSPS) is 9.00. The van der Waals surface area contributed by atoms with E-state index in [0.29, 0.717) is 0 Å². The molecule has 0 atom stereocenters. The molecule has 1 heterocycles. The summed E-state index contributed by atoms with van der Waals surface area (Å²) in [7, 11) is 0. The highest BCUT2D eigenvalue weighted by Gasteiger charge is 2.19. The molecule has 0 radical (unpaired) electrons. The first-order valence-corrected chi connectivity index (χ1v) is 4.29. The molecule has 0 N–H and O–H groups in total. The van der Waals surface area contributed by atoms with Crippen molar-refractivity contribution in [1.82, 2.24) is 4.98 Å². The van der Waals surface area contributed by atoms with Gasteiger partial charge in [0.25, 0.3) is 0 Å². The van der Waals surface area contributed by atoms with E-state index >= 15 is 0 Å². The average molecular weight is 219 g/mol. The van der Waals surface area contributed by atoms with Crippen LogP contribution in [0.3, 0.4) is 0 Å². The molecule has 1 rings (SSSR count). The Bertz CT molecular complexity index is 398. The summed E-state index contributed by atoms with van der Waals surface area (Å²) in [4.78, 5) is 26.5. The fourth-order valence-corrected chi connectivity index (χ4v) is 1.00. The molecule has 0 amide bonds. The van der Waals surface area contributed by atoms with Crippen LogP contribution >= 0.6 is 0 Å². The van der Waals surface area contributed by atoms with Crippen LogP contribution in [0.25, 0.3) is 0 Å². The van der Waals surface area contributed by atoms with E-state index in [9.17, 15) is 9.59 Å². The molecule has 5 heteroatoms. The first-order chi connectivity index (χ1) is 7.70. The van der Waals surface area contributed by atoms with Gasteiger partial charge in [-0.1, -0.05) is 13.2 Å². The largest absolute Gasteiger partial charge is 0.431 e. The van der Waals surface area contributed by atoms with Gasteiger partial charge < -0.3 is 9.47 Å². The van der Waals surface area contributed by atoms with Gasteiger partial charge >= 0.3 is 11.9 Å². The summed E-state index contributed by atoms with van der Waals surface area (Å²) in [5.41, 5.74) is -0.122. The van der Waals surface area contributed by atoms with E-state index in [1.807, 2.05) is 0 Å². The number of hydrogen-bond donors (Lipinski definition) is 0. The second kappa shape index (κ2) is 5.45. The van der Waals surface area contributed by atoms with E-state index in [0.717, 1.165) is 12.5 Å². The molecular weight excluding hydrogens is 210 g/mol. The molecule has 82 valence electrons. The maximum absolute atomic E-state index is 11.4. The molecule has 0 spiro atoms. The van der Waals surface area contributed by atoms with Crippen molar-refractivity contribution in [3.8, 4) is 0 Å². The van der Waals surface area contributed by atoms with Gasteiger partial charge in [-0.15, -0.1) is 0 Å². The number of carbonyl (C=O) groups excluding carboxylic acids is 2. The van der Waals surface area contributed by atoms with E-state index in [1.54, 1.807) is 0 Å². The summed E-state index contributed by atoms with van der Waals surface area (Å²) in [5, 5.41) is 0. The Balaban J connectivity index is 3.09. The highest BCUT2D eigenvalue weighted by molar-refractivity contribution is 6.01.